The van der Waals surface area contributed by atoms with Crippen molar-refractivity contribution in [1.82, 2.24) is 0 Å². The zero-order valence-electron chi connectivity index (χ0n) is 12.6. The standard InChI is InChI=1S/C19H24O/c1-3-5-7-15-9-10-16-11-12-17(14-20)18(8-6-4-2)19(16)13-15/h9-14H,3-8H2,1-2H3. The highest BCUT2D eigenvalue weighted by molar-refractivity contribution is 5.93. The van der Waals surface area contributed by atoms with Crippen LogP contribution in [0.2, 0.25) is 0 Å². The van der Waals surface area contributed by atoms with Crippen LogP contribution in [0.25, 0.3) is 10.8 Å². The van der Waals surface area contributed by atoms with E-state index in [2.05, 4.69) is 38.1 Å². The topological polar surface area (TPSA) is 17.1 Å². The maximum atomic E-state index is 11.3. The lowest BCUT2D eigenvalue weighted by atomic mass is 9.93. The molecule has 0 unspecified atom stereocenters. The van der Waals surface area contributed by atoms with Crippen LogP contribution < -0.4 is 0 Å². The smallest absolute Gasteiger partial charge is 0.150 e. The van der Waals surface area contributed by atoms with Gasteiger partial charge in [-0.1, -0.05) is 57.0 Å². The second kappa shape index (κ2) is 7.23. The molecular formula is C19H24O. The monoisotopic (exact) mass is 268 g/mol. The Labute approximate surface area is 122 Å². The predicted molar refractivity (Wildman–Crippen MR) is 86.6 cm³/mol. The zero-order valence-corrected chi connectivity index (χ0v) is 12.6. The molecule has 2 aromatic rings. The summed E-state index contributed by atoms with van der Waals surface area (Å²) >= 11 is 0. The highest BCUT2D eigenvalue weighted by Gasteiger charge is 2.08. The Bertz CT molecular complexity index is 584. The van der Waals surface area contributed by atoms with Gasteiger partial charge < -0.3 is 0 Å². The van der Waals surface area contributed by atoms with Gasteiger partial charge in [-0.3, -0.25) is 4.79 Å². The maximum absolute atomic E-state index is 11.3. The normalized spacial score (nSPS) is 10.9. The van der Waals surface area contributed by atoms with Gasteiger partial charge in [-0.15, -0.1) is 0 Å². The number of aryl methyl sites for hydroxylation is 2. The molecule has 2 rings (SSSR count). The number of carbonyl (C=O) groups is 1. The Morgan fingerprint density at radius 2 is 1.65 bits per heavy atom. The molecule has 0 bridgehead atoms. The molecule has 0 saturated carbocycles. The fraction of sp³-hybridized carbons (Fsp3) is 0.421. The van der Waals surface area contributed by atoms with E-state index in [9.17, 15) is 4.79 Å². The van der Waals surface area contributed by atoms with E-state index in [0.29, 0.717) is 0 Å². The summed E-state index contributed by atoms with van der Waals surface area (Å²) in [7, 11) is 0. The first-order chi connectivity index (χ1) is 9.80. The number of aldehydes is 1. The summed E-state index contributed by atoms with van der Waals surface area (Å²) in [6.07, 6.45) is 7.87. The summed E-state index contributed by atoms with van der Waals surface area (Å²) in [6.45, 7) is 4.41. The van der Waals surface area contributed by atoms with E-state index in [1.54, 1.807) is 0 Å². The Kier molecular flexibility index (Phi) is 5.34. The fourth-order valence-corrected chi connectivity index (χ4v) is 2.73. The average Bonchev–Trinajstić information content (AvgIpc) is 2.50. The van der Waals surface area contributed by atoms with Crippen molar-refractivity contribution in [3.8, 4) is 0 Å². The van der Waals surface area contributed by atoms with Crippen molar-refractivity contribution in [3.63, 3.8) is 0 Å². The molecule has 0 aliphatic rings. The first-order valence-corrected chi connectivity index (χ1v) is 7.79. The van der Waals surface area contributed by atoms with Crippen LogP contribution in [0.3, 0.4) is 0 Å². The van der Waals surface area contributed by atoms with Crippen LogP contribution in [0.15, 0.2) is 30.3 Å². The second-order valence-corrected chi connectivity index (χ2v) is 5.51. The lowest BCUT2D eigenvalue weighted by Crippen LogP contribution is -1.96. The van der Waals surface area contributed by atoms with Crippen LogP contribution in [0.5, 0.6) is 0 Å². The first kappa shape index (κ1) is 14.8. The number of hydrogen-bond donors (Lipinski definition) is 0. The summed E-state index contributed by atoms with van der Waals surface area (Å²) in [4.78, 5) is 11.3. The van der Waals surface area contributed by atoms with Crippen molar-refractivity contribution in [2.75, 3.05) is 0 Å². The van der Waals surface area contributed by atoms with Crippen LogP contribution in [0, 0.1) is 0 Å². The Morgan fingerprint density at radius 3 is 2.35 bits per heavy atom. The van der Waals surface area contributed by atoms with E-state index in [0.717, 1.165) is 37.5 Å². The van der Waals surface area contributed by atoms with Crippen molar-refractivity contribution in [2.24, 2.45) is 0 Å². The van der Waals surface area contributed by atoms with Gasteiger partial charge >= 0.3 is 0 Å². The maximum Gasteiger partial charge on any atom is 0.150 e. The van der Waals surface area contributed by atoms with Gasteiger partial charge in [0.1, 0.15) is 6.29 Å². The molecule has 0 spiro atoms. The molecule has 0 heterocycles. The van der Waals surface area contributed by atoms with Crippen LogP contribution >= 0.6 is 0 Å². The van der Waals surface area contributed by atoms with Crippen molar-refractivity contribution >= 4 is 17.1 Å². The summed E-state index contributed by atoms with van der Waals surface area (Å²) in [6, 6.07) is 10.7. The fourth-order valence-electron chi connectivity index (χ4n) is 2.73. The van der Waals surface area contributed by atoms with Gasteiger partial charge in [0.2, 0.25) is 0 Å². The first-order valence-electron chi connectivity index (χ1n) is 7.79. The summed E-state index contributed by atoms with van der Waals surface area (Å²) in [5.41, 5.74) is 3.48. The average molecular weight is 268 g/mol. The number of benzene rings is 2. The number of hydrogen-bond acceptors (Lipinski definition) is 1. The van der Waals surface area contributed by atoms with E-state index < -0.39 is 0 Å². The van der Waals surface area contributed by atoms with Crippen molar-refractivity contribution < 1.29 is 4.79 Å². The molecule has 106 valence electrons. The molecule has 0 aliphatic heterocycles. The highest BCUT2D eigenvalue weighted by Crippen LogP contribution is 2.25. The predicted octanol–water partition coefficient (Wildman–Crippen LogP) is 5.34. The van der Waals surface area contributed by atoms with Crippen molar-refractivity contribution in [1.29, 1.82) is 0 Å². The van der Waals surface area contributed by atoms with E-state index in [-0.39, 0.29) is 0 Å². The number of fused-ring (bicyclic) bond motifs is 1. The third-order valence-electron chi connectivity index (χ3n) is 3.96. The van der Waals surface area contributed by atoms with Crippen LogP contribution in [-0.2, 0) is 12.8 Å². The molecular weight excluding hydrogens is 244 g/mol. The molecule has 0 saturated heterocycles. The number of unbranched alkanes of at least 4 members (excludes halogenated alkanes) is 2. The van der Waals surface area contributed by atoms with E-state index in [1.165, 1.54) is 34.7 Å². The Balaban J connectivity index is 2.47. The summed E-state index contributed by atoms with van der Waals surface area (Å²) in [5, 5.41) is 2.53. The number of rotatable bonds is 7. The van der Waals surface area contributed by atoms with Gasteiger partial charge in [0.25, 0.3) is 0 Å². The molecule has 0 radical (unpaired) electrons. The van der Waals surface area contributed by atoms with Crippen molar-refractivity contribution in [2.45, 2.75) is 52.4 Å². The van der Waals surface area contributed by atoms with E-state index in [4.69, 9.17) is 0 Å². The summed E-state index contributed by atoms with van der Waals surface area (Å²) < 4.78 is 0. The van der Waals surface area contributed by atoms with Gasteiger partial charge in [0, 0.05) is 5.56 Å². The van der Waals surface area contributed by atoms with Gasteiger partial charge in [0.05, 0.1) is 0 Å². The lowest BCUT2D eigenvalue weighted by Gasteiger charge is -2.11. The molecule has 1 nitrogen and oxygen atoms in total. The molecule has 1 heteroatoms. The zero-order chi connectivity index (χ0) is 14.4. The third kappa shape index (κ3) is 3.27. The Morgan fingerprint density at radius 1 is 0.950 bits per heavy atom. The molecule has 0 aromatic heterocycles. The minimum absolute atomic E-state index is 0.860. The minimum atomic E-state index is 0.860. The molecule has 0 amide bonds. The molecule has 0 atom stereocenters. The van der Waals surface area contributed by atoms with Crippen LogP contribution in [0.4, 0.5) is 0 Å². The molecule has 20 heavy (non-hydrogen) atoms. The molecule has 2 aromatic carbocycles. The highest BCUT2D eigenvalue weighted by atomic mass is 16.1. The van der Waals surface area contributed by atoms with Gasteiger partial charge in [-0.05, 0) is 47.6 Å². The minimum Gasteiger partial charge on any atom is -0.298 e. The Hall–Kier alpha value is -1.63. The van der Waals surface area contributed by atoms with Gasteiger partial charge in [-0.25, -0.2) is 0 Å². The largest absolute Gasteiger partial charge is 0.298 e. The van der Waals surface area contributed by atoms with Crippen molar-refractivity contribution in [3.05, 3.63) is 47.0 Å². The van der Waals surface area contributed by atoms with E-state index in [1.807, 2.05) is 6.07 Å². The van der Waals surface area contributed by atoms with Crippen LogP contribution in [-0.4, -0.2) is 6.29 Å². The van der Waals surface area contributed by atoms with Gasteiger partial charge in [-0.2, -0.15) is 0 Å². The van der Waals surface area contributed by atoms with Gasteiger partial charge in [0.15, 0.2) is 0 Å². The third-order valence-corrected chi connectivity index (χ3v) is 3.96. The summed E-state index contributed by atoms with van der Waals surface area (Å²) in [5.74, 6) is 0. The lowest BCUT2D eigenvalue weighted by molar-refractivity contribution is 0.112. The second-order valence-electron chi connectivity index (χ2n) is 5.51. The molecule has 0 fully saturated rings. The van der Waals surface area contributed by atoms with Crippen LogP contribution in [0.1, 0.15) is 61.0 Å². The quantitative estimate of drug-likeness (QED) is 0.620. The van der Waals surface area contributed by atoms with E-state index >= 15 is 0 Å². The molecule has 0 N–H and O–H groups in total. The SMILES string of the molecule is CCCCc1ccc2ccc(C=O)c(CCCC)c2c1. The number of carbonyl (C=O) groups excluding carboxylic acids is 1. The molecule has 0 aliphatic carbocycles.